The van der Waals surface area contributed by atoms with Crippen molar-refractivity contribution >= 4 is 29.9 Å². The van der Waals surface area contributed by atoms with Crippen LogP contribution in [0.3, 0.4) is 0 Å². The van der Waals surface area contributed by atoms with E-state index in [1.54, 1.807) is 13.1 Å². The Hall–Kier alpha value is -1.64. The molecule has 1 aromatic heterocycles. The van der Waals surface area contributed by atoms with Gasteiger partial charge in [0.25, 0.3) is 0 Å². The summed E-state index contributed by atoms with van der Waals surface area (Å²) in [6.45, 7) is 5.11. The van der Waals surface area contributed by atoms with Gasteiger partial charge in [0.1, 0.15) is 5.82 Å². The van der Waals surface area contributed by atoms with Crippen molar-refractivity contribution in [3.8, 4) is 0 Å². The van der Waals surface area contributed by atoms with Crippen LogP contribution in [0.2, 0.25) is 0 Å². The first-order valence-electron chi connectivity index (χ1n) is 7.23. The molecule has 0 unspecified atom stereocenters. The molecule has 2 aromatic rings. The third-order valence-corrected chi connectivity index (χ3v) is 3.17. The van der Waals surface area contributed by atoms with Crippen LogP contribution in [0.15, 0.2) is 39.8 Å². The van der Waals surface area contributed by atoms with Crippen LogP contribution in [0, 0.1) is 5.82 Å². The van der Waals surface area contributed by atoms with E-state index in [-0.39, 0.29) is 29.8 Å². The average Bonchev–Trinajstić information content (AvgIpc) is 2.97. The normalized spacial score (nSPS) is 11.3. The van der Waals surface area contributed by atoms with Crippen LogP contribution in [0.25, 0.3) is 0 Å². The molecule has 0 aliphatic rings. The van der Waals surface area contributed by atoms with Gasteiger partial charge in [0.15, 0.2) is 11.7 Å². The molecule has 126 valence electrons. The zero-order valence-electron chi connectivity index (χ0n) is 13.5. The van der Waals surface area contributed by atoms with Crippen molar-refractivity contribution in [2.45, 2.75) is 32.9 Å². The number of rotatable bonds is 5. The zero-order valence-corrected chi connectivity index (χ0v) is 15.8. The molecule has 0 fully saturated rings. The molecule has 0 atom stereocenters. The second kappa shape index (κ2) is 9.49. The molecule has 23 heavy (non-hydrogen) atoms. The molecule has 0 bridgehead atoms. The molecule has 0 amide bonds. The molecule has 1 aromatic carbocycles. The van der Waals surface area contributed by atoms with E-state index in [1.165, 1.54) is 12.1 Å². The van der Waals surface area contributed by atoms with E-state index in [0.717, 1.165) is 17.0 Å². The minimum atomic E-state index is -0.245. The Morgan fingerprint density at radius 3 is 2.61 bits per heavy atom. The number of hydrogen-bond donors (Lipinski definition) is 2. The van der Waals surface area contributed by atoms with Crippen LogP contribution in [0.5, 0.6) is 0 Å². The van der Waals surface area contributed by atoms with Crippen LogP contribution < -0.4 is 10.6 Å². The highest BCUT2D eigenvalue weighted by atomic mass is 127. The summed E-state index contributed by atoms with van der Waals surface area (Å²) in [7, 11) is 1.68. The lowest BCUT2D eigenvalue weighted by Crippen LogP contribution is -2.36. The van der Waals surface area contributed by atoms with Crippen molar-refractivity contribution in [2.75, 3.05) is 7.05 Å². The van der Waals surface area contributed by atoms with Crippen LogP contribution in [0.1, 0.15) is 36.8 Å². The van der Waals surface area contributed by atoms with E-state index < -0.39 is 0 Å². The van der Waals surface area contributed by atoms with Crippen molar-refractivity contribution in [3.05, 3.63) is 53.2 Å². The lowest BCUT2D eigenvalue weighted by Gasteiger charge is -2.10. The van der Waals surface area contributed by atoms with E-state index in [1.807, 2.05) is 12.1 Å². The van der Waals surface area contributed by atoms with Gasteiger partial charge in [0, 0.05) is 19.7 Å². The Bertz CT molecular complexity index is 643. The summed E-state index contributed by atoms with van der Waals surface area (Å²) in [5.74, 6) is 1.46. The van der Waals surface area contributed by atoms with Crippen molar-refractivity contribution in [1.29, 1.82) is 0 Å². The number of hydrogen-bond acceptors (Lipinski definition) is 3. The van der Waals surface area contributed by atoms with Gasteiger partial charge in [0.2, 0.25) is 0 Å². The molecule has 0 aliphatic carbocycles. The van der Waals surface area contributed by atoms with Gasteiger partial charge in [-0.1, -0.05) is 31.1 Å². The van der Waals surface area contributed by atoms with Crippen LogP contribution in [0.4, 0.5) is 4.39 Å². The molecule has 0 radical (unpaired) electrons. The van der Waals surface area contributed by atoms with E-state index in [9.17, 15) is 4.39 Å². The largest absolute Gasteiger partial charge is 0.359 e. The molecular weight excluding hydrogens is 410 g/mol. The number of aromatic nitrogens is 1. The first-order valence-corrected chi connectivity index (χ1v) is 7.23. The highest BCUT2D eigenvalue weighted by Gasteiger charge is 2.08. The van der Waals surface area contributed by atoms with Gasteiger partial charge in [-0.2, -0.15) is 0 Å². The van der Waals surface area contributed by atoms with Crippen LogP contribution in [-0.4, -0.2) is 18.2 Å². The molecule has 0 spiro atoms. The molecule has 0 saturated carbocycles. The maximum absolute atomic E-state index is 13.1. The summed E-state index contributed by atoms with van der Waals surface area (Å²) in [4.78, 5) is 4.12. The average molecular weight is 432 g/mol. The van der Waals surface area contributed by atoms with Gasteiger partial charge in [-0.05, 0) is 23.6 Å². The first kappa shape index (κ1) is 19.4. The smallest absolute Gasteiger partial charge is 0.191 e. The molecule has 2 rings (SSSR count). The molecule has 0 saturated heterocycles. The number of aliphatic imine (C=N–C) groups is 1. The molecule has 1 heterocycles. The van der Waals surface area contributed by atoms with Crippen LogP contribution >= 0.6 is 24.0 Å². The van der Waals surface area contributed by atoms with Gasteiger partial charge >= 0.3 is 0 Å². The van der Waals surface area contributed by atoms with Gasteiger partial charge in [-0.25, -0.2) is 4.39 Å². The Morgan fingerprint density at radius 1 is 1.26 bits per heavy atom. The first-order chi connectivity index (χ1) is 10.6. The van der Waals surface area contributed by atoms with E-state index in [2.05, 4.69) is 34.6 Å². The fraction of sp³-hybridized carbons (Fsp3) is 0.375. The quantitative estimate of drug-likeness (QED) is 0.432. The second-order valence-corrected chi connectivity index (χ2v) is 5.28. The molecule has 0 aliphatic heterocycles. The van der Waals surface area contributed by atoms with Gasteiger partial charge in [-0.15, -0.1) is 24.0 Å². The number of guanidine groups is 1. The molecule has 2 N–H and O–H groups in total. The predicted molar refractivity (Wildman–Crippen MR) is 99.4 cm³/mol. The van der Waals surface area contributed by atoms with Gasteiger partial charge < -0.3 is 15.2 Å². The van der Waals surface area contributed by atoms with Crippen molar-refractivity contribution in [1.82, 2.24) is 15.8 Å². The summed E-state index contributed by atoms with van der Waals surface area (Å²) in [6, 6.07) is 8.38. The fourth-order valence-electron chi connectivity index (χ4n) is 1.91. The van der Waals surface area contributed by atoms with E-state index >= 15 is 0 Å². The highest BCUT2D eigenvalue weighted by molar-refractivity contribution is 14.0. The van der Waals surface area contributed by atoms with Crippen molar-refractivity contribution in [2.24, 2.45) is 4.99 Å². The monoisotopic (exact) mass is 432 g/mol. The van der Waals surface area contributed by atoms with E-state index in [4.69, 9.17) is 4.52 Å². The molecular formula is C16H22FIN4O. The predicted octanol–water partition coefficient (Wildman–Crippen LogP) is 3.42. The Kier molecular flexibility index (Phi) is 8.01. The van der Waals surface area contributed by atoms with Gasteiger partial charge in [-0.3, -0.25) is 4.99 Å². The number of nitrogens with zero attached hydrogens (tertiary/aromatic N) is 2. The third kappa shape index (κ3) is 6.17. The minimum Gasteiger partial charge on any atom is -0.359 e. The topological polar surface area (TPSA) is 62.5 Å². The lowest BCUT2D eigenvalue weighted by atomic mass is 10.1. The second-order valence-electron chi connectivity index (χ2n) is 5.28. The summed E-state index contributed by atoms with van der Waals surface area (Å²) >= 11 is 0. The van der Waals surface area contributed by atoms with Gasteiger partial charge in [0.05, 0.1) is 12.2 Å². The van der Waals surface area contributed by atoms with Crippen LogP contribution in [-0.2, 0) is 13.1 Å². The fourth-order valence-corrected chi connectivity index (χ4v) is 1.91. The SMILES string of the molecule is CN=C(NCc1cccc(F)c1)NCc1cc(C(C)C)no1.I. The maximum Gasteiger partial charge on any atom is 0.191 e. The number of benzene rings is 1. The lowest BCUT2D eigenvalue weighted by molar-refractivity contribution is 0.372. The van der Waals surface area contributed by atoms with Crippen molar-refractivity contribution < 1.29 is 8.91 Å². The summed E-state index contributed by atoms with van der Waals surface area (Å²) < 4.78 is 18.4. The summed E-state index contributed by atoms with van der Waals surface area (Å²) in [6.07, 6.45) is 0. The number of nitrogens with one attached hydrogen (secondary N) is 2. The maximum atomic E-state index is 13.1. The highest BCUT2D eigenvalue weighted by Crippen LogP contribution is 2.13. The molecule has 7 heteroatoms. The van der Waals surface area contributed by atoms with E-state index in [0.29, 0.717) is 25.0 Å². The Morgan fingerprint density at radius 2 is 2.00 bits per heavy atom. The number of halogens is 2. The minimum absolute atomic E-state index is 0. The Labute approximate surface area is 152 Å². The Balaban J connectivity index is 0.00000264. The summed E-state index contributed by atoms with van der Waals surface area (Å²) in [5.41, 5.74) is 1.78. The standard InChI is InChI=1S/C16H21FN4O.HI/c1-11(2)15-8-14(22-21-15)10-20-16(18-3)19-9-12-5-4-6-13(17)7-12;/h4-8,11H,9-10H2,1-3H3,(H2,18,19,20);1H. The zero-order chi connectivity index (χ0) is 15.9. The molecule has 5 nitrogen and oxygen atoms in total. The summed E-state index contributed by atoms with van der Waals surface area (Å²) in [5, 5.41) is 10.3. The third-order valence-electron chi connectivity index (χ3n) is 3.17. The van der Waals surface area contributed by atoms with Crippen molar-refractivity contribution in [3.63, 3.8) is 0 Å².